The van der Waals surface area contributed by atoms with Gasteiger partial charge in [-0.15, -0.1) is 6.58 Å². The van der Waals surface area contributed by atoms with E-state index in [1.165, 1.54) is 32.6 Å². The van der Waals surface area contributed by atoms with E-state index in [1.54, 1.807) is 0 Å². The van der Waals surface area contributed by atoms with E-state index >= 15 is 0 Å². The van der Waals surface area contributed by atoms with Crippen molar-refractivity contribution in [2.75, 3.05) is 26.2 Å². The van der Waals surface area contributed by atoms with E-state index in [9.17, 15) is 0 Å². The van der Waals surface area contributed by atoms with Crippen molar-refractivity contribution >= 4 is 0 Å². The zero-order valence-electron chi connectivity index (χ0n) is 8.05. The predicted molar refractivity (Wildman–Crippen MR) is 53.3 cm³/mol. The van der Waals surface area contributed by atoms with E-state index < -0.39 is 0 Å². The molecule has 0 bridgehead atoms. The molecule has 1 saturated heterocycles. The molecule has 1 unspecified atom stereocenters. The molecular formula is C10H20N2. The second kappa shape index (κ2) is 5.33. The van der Waals surface area contributed by atoms with Crippen LogP contribution in [0.4, 0.5) is 0 Å². The van der Waals surface area contributed by atoms with Gasteiger partial charge in [0, 0.05) is 19.1 Å². The van der Waals surface area contributed by atoms with Crippen molar-refractivity contribution in [1.82, 2.24) is 10.2 Å². The molecule has 1 heterocycles. The lowest BCUT2D eigenvalue weighted by molar-refractivity contribution is 0.278. The van der Waals surface area contributed by atoms with E-state index in [4.69, 9.17) is 0 Å². The van der Waals surface area contributed by atoms with Crippen LogP contribution in [-0.2, 0) is 0 Å². The van der Waals surface area contributed by atoms with Gasteiger partial charge in [-0.2, -0.15) is 0 Å². The van der Waals surface area contributed by atoms with E-state index in [0.29, 0.717) is 6.04 Å². The maximum absolute atomic E-state index is 3.75. The van der Waals surface area contributed by atoms with Gasteiger partial charge in [0.25, 0.3) is 0 Å². The van der Waals surface area contributed by atoms with E-state index in [2.05, 4.69) is 23.7 Å². The van der Waals surface area contributed by atoms with Crippen molar-refractivity contribution in [1.29, 1.82) is 0 Å². The Morgan fingerprint density at radius 3 is 3.25 bits per heavy atom. The molecule has 2 nitrogen and oxygen atoms in total. The van der Waals surface area contributed by atoms with Crippen LogP contribution >= 0.6 is 0 Å². The van der Waals surface area contributed by atoms with Crippen LogP contribution in [0.5, 0.6) is 0 Å². The smallest absolute Gasteiger partial charge is 0.0166 e. The van der Waals surface area contributed by atoms with Crippen LogP contribution in [0.15, 0.2) is 12.7 Å². The molecular weight excluding hydrogens is 148 g/mol. The molecule has 0 aromatic heterocycles. The standard InChI is InChI=1S/C10H20N2/c1-3-4-7-12-8-5-6-11-10(2)9-12/h3,10-11H,1,4-9H2,2H3. The van der Waals surface area contributed by atoms with E-state index in [-0.39, 0.29) is 0 Å². The fourth-order valence-corrected chi connectivity index (χ4v) is 1.67. The molecule has 1 rings (SSSR count). The summed E-state index contributed by atoms with van der Waals surface area (Å²) in [7, 11) is 0. The van der Waals surface area contributed by atoms with Crippen molar-refractivity contribution in [3.8, 4) is 0 Å². The first-order valence-corrected chi connectivity index (χ1v) is 4.89. The number of rotatable bonds is 3. The van der Waals surface area contributed by atoms with Crippen LogP contribution in [0.25, 0.3) is 0 Å². The maximum Gasteiger partial charge on any atom is 0.0166 e. The molecule has 0 saturated carbocycles. The van der Waals surface area contributed by atoms with Gasteiger partial charge in [0.15, 0.2) is 0 Å². The molecule has 1 N–H and O–H groups in total. The molecule has 70 valence electrons. The third kappa shape index (κ3) is 3.37. The van der Waals surface area contributed by atoms with Crippen LogP contribution in [0.2, 0.25) is 0 Å². The first kappa shape index (κ1) is 9.75. The molecule has 0 aliphatic carbocycles. The highest BCUT2D eigenvalue weighted by atomic mass is 15.2. The largest absolute Gasteiger partial charge is 0.313 e. The molecule has 0 spiro atoms. The molecule has 0 aromatic carbocycles. The minimum atomic E-state index is 0.650. The van der Waals surface area contributed by atoms with Crippen LogP contribution in [-0.4, -0.2) is 37.1 Å². The van der Waals surface area contributed by atoms with Crippen LogP contribution in [0.3, 0.4) is 0 Å². The summed E-state index contributed by atoms with van der Waals surface area (Å²) in [6.45, 7) is 10.8. The lowest BCUT2D eigenvalue weighted by Crippen LogP contribution is -2.35. The highest BCUT2D eigenvalue weighted by molar-refractivity contribution is 4.75. The van der Waals surface area contributed by atoms with Gasteiger partial charge < -0.3 is 10.2 Å². The average molecular weight is 168 g/mol. The van der Waals surface area contributed by atoms with Crippen molar-refractivity contribution in [3.05, 3.63) is 12.7 Å². The number of nitrogens with zero attached hydrogens (tertiary/aromatic N) is 1. The second-order valence-electron chi connectivity index (χ2n) is 3.59. The van der Waals surface area contributed by atoms with Crippen molar-refractivity contribution < 1.29 is 0 Å². The van der Waals surface area contributed by atoms with E-state index in [1.807, 2.05) is 6.08 Å². The normalized spacial score (nSPS) is 26.6. The molecule has 0 radical (unpaired) electrons. The summed E-state index contributed by atoms with van der Waals surface area (Å²) in [6, 6.07) is 0.650. The summed E-state index contributed by atoms with van der Waals surface area (Å²) in [6.07, 6.45) is 4.40. The quantitative estimate of drug-likeness (QED) is 0.638. The van der Waals surface area contributed by atoms with Crippen LogP contribution < -0.4 is 5.32 Å². The minimum absolute atomic E-state index is 0.650. The van der Waals surface area contributed by atoms with Gasteiger partial charge in [-0.25, -0.2) is 0 Å². The summed E-state index contributed by atoms with van der Waals surface area (Å²) in [5, 5.41) is 3.48. The van der Waals surface area contributed by atoms with Gasteiger partial charge in [-0.1, -0.05) is 6.08 Å². The van der Waals surface area contributed by atoms with Gasteiger partial charge in [-0.05, 0) is 32.9 Å². The zero-order valence-corrected chi connectivity index (χ0v) is 8.05. The Bertz CT molecular complexity index is 134. The van der Waals surface area contributed by atoms with Gasteiger partial charge in [0.2, 0.25) is 0 Å². The summed E-state index contributed by atoms with van der Waals surface area (Å²) in [4.78, 5) is 2.52. The number of nitrogens with one attached hydrogen (secondary N) is 1. The Hall–Kier alpha value is -0.340. The van der Waals surface area contributed by atoms with Gasteiger partial charge >= 0.3 is 0 Å². The average Bonchev–Trinajstić information content (AvgIpc) is 2.26. The Morgan fingerprint density at radius 2 is 2.50 bits per heavy atom. The fraction of sp³-hybridized carbons (Fsp3) is 0.800. The summed E-state index contributed by atoms with van der Waals surface area (Å²) in [5.41, 5.74) is 0. The maximum atomic E-state index is 3.75. The molecule has 2 heteroatoms. The topological polar surface area (TPSA) is 15.3 Å². The second-order valence-corrected chi connectivity index (χ2v) is 3.59. The van der Waals surface area contributed by atoms with Gasteiger partial charge in [0.05, 0.1) is 0 Å². The third-order valence-corrected chi connectivity index (χ3v) is 2.33. The van der Waals surface area contributed by atoms with Crippen molar-refractivity contribution in [2.24, 2.45) is 0 Å². The first-order chi connectivity index (χ1) is 5.83. The summed E-state index contributed by atoms with van der Waals surface area (Å²) >= 11 is 0. The van der Waals surface area contributed by atoms with E-state index in [0.717, 1.165) is 6.42 Å². The lowest BCUT2D eigenvalue weighted by atomic mass is 10.3. The Kier molecular flexibility index (Phi) is 4.33. The summed E-state index contributed by atoms with van der Waals surface area (Å²) in [5.74, 6) is 0. The molecule has 0 amide bonds. The monoisotopic (exact) mass is 168 g/mol. The predicted octanol–water partition coefficient (Wildman–Crippen LogP) is 1.25. The molecule has 1 aliphatic heterocycles. The minimum Gasteiger partial charge on any atom is -0.313 e. The zero-order chi connectivity index (χ0) is 8.81. The number of hydrogen-bond donors (Lipinski definition) is 1. The Labute approximate surface area is 75.6 Å². The fourth-order valence-electron chi connectivity index (χ4n) is 1.67. The Balaban J connectivity index is 2.25. The van der Waals surface area contributed by atoms with Crippen molar-refractivity contribution in [3.63, 3.8) is 0 Å². The van der Waals surface area contributed by atoms with Gasteiger partial charge in [-0.3, -0.25) is 0 Å². The highest BCUT2D eigenvalue weighted by Crippen LogP contribution is 2.00. The molecule has 12 heavy (non-hydrogen) atoms. The van der Waals surface area contributed by atoms with Crippen molar-refractivity contribution in [2.45, 2.75) is 25.8 Å². The Morgan fingerprint density at radius 1 is 1.67 bits per heavy atom. The SMILES string of the molecule is C=CCCN1CCCNC(C)C1. The highest BCUT2D eigenvalue weighted by Gasteiger charge is 2.12. The first-order valence-electron chi connectivity index (χ1n) is 4.89. The molecule has 1 atom stereocenters. The summed E-state index contributed by atoms with van der Waals surface area (Å²) < 4.78 is 0. The molecule has 0 aromatic rings. The van der Waals surface area contributed by atoms with Crippen LogP contribution in [0.1, 0.15) is 19.8 Å². The number of hydrogen-bond acceptors (Lipinski definition) is 2. The van der Waals surface area contributed by atoms with Gasteiger partial charge in [0.1, 0.15) is 0 Å². The van der Waals surface area contributed by atoms with Crippen LogP contribution in [0, 0.1) is 0 Å². The third-order valence-electron chi connectivity index (χ3n) is 2.33. The molecule has 1 fully saturated rings. The molecule has 1 aliphatic rings. The lowest BCUT2D eigenvalue weighted by Gasteiger charge is -2.21.